The van der Waals surface area contributed by atoms with Crippen LogP contribution in [0, 0.1) is 5.92 Å². The molecule has 0 spiro atoms. The Bertz CT molecular complexity index is 2180. The first-order chi connectivity index (χ1) is 37.9. The van der Waals surface area contributed by atoms with Gasteiger partial charge in [0.2, 0.25) is 47.3 Å². The highest BCUT2D eigenvalue weighted by Crippen LogP contribution is 2.22. The molecule has 80 heavy (non-hydrogen) atoms. The predicted molar refractivity (Wildman–Crippen MR) is 300 cm³/mol. The number of amides is 8. The number of hydrogen-bond acceptors (Lipinski definition) is 15. The van der Waals surface area contributed by atoms with Gasteiger partial charge in [0.05, 0.1) is 12.6 Å². The minimum Gasteiger partial charge on any atom is -0.480 e. The lowest BCUT2D eigenvalue weighted by Gasteiger charge is -2.30. The number of carbonyl (C=O) groups is 9. The van der Waals surface area contributed by atoms with Crippen LogP contribution in [0.1, 0.15) is 117 Å². The van der Waals surface area contributed by atoms with Crippen molar-refractivity contribution in [3.05, 3.63) is 0 Å². The summed E-state index contributed by atoms with van der Waals surface area (Å²) in [6.07, 6.45) is 3.67. The molecular formula is C48H90N22O10. The number of nitrogens with zero attached hydrogens (tertiary/aromatic N) is 6. The molecule has 8 amide bonds. The smallest absolute Gasteiger partial charge is 0.326 e. The monoisotopic (exact) mass is 1130 g/mol. The molecule has 2 heterocycles. The molecule has 2 fully saturated rings. The van der Waals surface area contributed by atoms with Gasteiger partial charge in [0, 0.05) is 39.3 Å². The van der Waals surface area contributed by atoms with Gasteiger partial charge in [-0.25, -0.2) is 4.79 Å². The Morgan fingerprint density at radius 3 is 1.35 bits per heavy atom. The van der Waals surface area contributed by atoms with Gasteiger partial charge in [-0.3, -0.25) is 58.3 Å². The van der Waals surface area contributed by atoms with Crippen molar-refractivity contribution in [3.8, 4) is 0 Å². The Morgan fingerprint density at radius 1 is 0.512 bits per heavy atom. The largest absolute Gasteiger partial charge is 0.480 e. The highest BCUT2D eigenvalue weighted by Gasteiger charge is 2.40. The van der Waals surface area contributed by atoms with Crippen LogP contribution >= 0.6 is 0 Å². The Labute approximate surface area is 466 Å². The van der Waals surface area contributed by atoms with Crippen LogP contribution < -0.4 is 89.2 Å². The molecule has 0 aromatic carbocycles. The maximum absolute atomic E-state index is 14.5. The third-order valence-electron chi connectivity index (χ3n) is 13.0. The molecule has 452 valence electrons. The second-order valence-corrected chi connectivity index (χ2v) is 20.1. The lowest BCUT2D eigenvalue weighted by molar-refractivity contribution is -0.143. The van der Waals surface area contributed by atoms with Crippen LogP contribution in [0.3, 0.4) is 0 Å². The minimum absolute atomic E-state index is 0.0143. The lowest BCUT2D eigenvalue weighted by atomic mass is 10.0. The summed E-state index contributed by atoms with van der Waals surface area (Å²) >= 11 is 0. The van der Waals surface area contributed by atoms with E-state index in [9.17, 15) is 48.3 Å². The number of unbranched alkanes of at least 4 members (excludes halogenated alkanes) is 1. The van der Waals surface area contributed by atoms with Gasteiger partial charge in [0.15, 0.2) is 23.8 Å². The van der Waals surface area contributed by atoms with E-state index >= 15 is 0 Å². The van der Waals surface area contributed by atoms with Crippen molar-refractivity contribution < 1.29 is 48.3 Å². The van der Waals surface area contributed by atoms with Gasteiger partial charge in [-0.2, -0.15) is 0 Å². The van der Waals surface area contributed by atoms with Crippen molar-refractivity contribution >= 4 is 77.1 Å². The van der Waals surface area contributed by atoms with Crippen molar-refractivity contribution in [1.29, 1.82) is 0 Å². The van der Waals surface area contributed by atoms with E-state index < -0.39 is 108 Å². The molecule has 2 aliphatic heterocycles. The van der Waals surface area contributed by atoms with Crippen molar-refractivity contribution in [3.63, 3.8) is 0 Å². The van der Waals surface area contributed by atoms with E-state index in [1.54, 1.807) is 13.8 Å². The van der Waals surface area contributed by atoms with Crippen molar-refractivity contribution in [2.45, 2.75) is 165 Å². The summed E-state index contributed by atoms with van der Waals surface area (Å²) in [5.74, 6) is -7.59. The number of aliphatic imine (C=N–C) groups is 4. The third-order valence-corrected chi connectivity index (χ3v) is 13.0. The zero-order valence-corrected chi connectivity index (χ0v) is 46.2. The van der Waals surface area contributed by atoms with Gasteiger partial charge >= 0.3 is 5.97 Å². The molecule has 0 aliphatic carbocycles. The normalized spacial score (nSPS) is 17.0. The fourth-order valence-corrected chi connectivity index (χ4v) is 9.04. The average molecular weight is 1140 g/mol. The number of rotatable bonds is 37. The first-order valence-electron chi connectivity index (χ1n) is 27.2. The average Bonchev–Trinajstić information content (AvgIpc) is 4.10. The molecule has 0 unspecified atom stereocenters. The Kier molecular flexibility index (Phi) is 31.1. The fourth-order valence-electron chi connectivity index (χ4n) is 9.04. The molecule has 0 aromatic heterocycles. The topological polar surface area (TPSA) is 562 Å². The highest BCUT2D eigenvalue weighted by molar-refractivity contribution is 5.98. The quantitative estimate of drug-likeness (QED) is 0.0156. The summed E-state index contributed by atoms with van der Waals surface area (Å²) in [5.41, 5.74) is 55.7. The van der Waals surface area contributed by atoms with Gasteiger partial charge in [-0.05, 0) is 115 Å². The van der Waals surface area contributed by atoms with Gasteiger partial charge in [0.1, 0.15) is 42.3 Å². The van der Waals surface area contributed by atoms with E-state index in [1.165, 1.54) is 9.80 Å². The fraction of sp³-hybridized carbons (Fsp3) is 0.729. The number of carbonyl (C=O) groups excluding carboxylic acids is 8. The highest BCUT2D eigenvalue weighted by atomic mass is 16.4. The molecule has 32 heteroatoms. The molecule has 27 N–H and O–H groups in total. The molecule has 0 aromatic rings. The van der Waals surface area contributed by atoms with E-state index in [2.05, 4.69) is 51.9 Å². The van der Waals surface area contributed by atoms with Crippen molar-refractivity contribution in [2.75, 3.05) is 52.4 Å². The molecular weight excluding hydrogens is 1040 g/mol. The van der Waals surface area contributed by atoms with Crippen LogP contribution in [-0.4, -0.2) is 193 Å². The number of likely N-dealkylation sites (tertiary alicyclic amines) is 2. The van der Waals surface area contributed by atoms with Gasteiger partial charge in [-0.1, -0.05) is 13.8 Å². The van der Waals surface area contributed by atoms with Gasteiger partial charge < -0.3 is 104 Å². The van der Waals surface area contributed by atoms with Crippen LogP contribution in [-0.2, 0) is 43.2 Å². The second kappa shape index (κ2) is 36.4. The Hall–Kier alpha value is -7.77. The molecule has 2 rings (SSSR count). The number of hydrogen-bond donors (Lipinski definition) is 17. The van der Waals surface area contributed by atoms with Crippen LogP contribution in [0.4, 0.5) is 0 Å². The standard InChI is InChI=1S/C48H90N22O10/c1-27(2)25-33(44(79)80)68-39(74)30(12-3-4-18-49)65-38(73)31(14-7-21-61-47(55)56)67-41(76)35-17-10-24-70(35)43(78)32(15-8-22-62-48(57)58)64-36(71)26-63-37(72)29(13-6-20-60-46(53)54)66-40(75)34-16-9-23-69(34)42(77)28(50)11-5-19-59-45(51)52/h27-35H,3-26,49-50H2,1-2H3,(H,63,72)(H,64,71)(H,65,73)(H,66,75)(H,67,76)(H,68,74)(H,79,80)(H4,51,52,59)(H4,53,54,60)(H4,55,56,61)(H4,57,58,62)/t28-,29-,30-,31-,32-,33-,34-,35-/m0/s1. The second-order valence-electron chi connectivity index (χ2n) is 20.1. The van der Waals surface area contributed by atoms with Crippen molar-refractivity contribution in [1.82, 2.24) is 41.7 Å². The predicted octanol–water partition coefficient (Wildman–Crippen LogP) is -6.69. The number of nitrogens with two attached hydrogens (primary N) is 10. The van der Waals surface area contributed by atoms with Crippen LogP contribution in [0.5, 0.6) is 0 Å². The van der Waals surface area contributed by atoms with Crippen LogP contribution in [0.15, 0.2) is 20.0 Å². The molecule has 2 aliphatic rings. The summed E-state index contributed by atoms with van der Waals surface area (Å²) in [5, 5.41) is 25.6. The zero-order chi connectivity index (χ0) is 59.9. The number of carboxylic acid groups (broad SMARTS) is 1. The van der Waals surface area contributed by atoms with Gasteiger partial charge in [-0.15, -0.1) is 0 Å². The first kappa shape index (κ1) is 68.3. The summed E-state index contributed by atoms with van der Waals surface area (Å²) in [6.45, 7) is 4.06. The van der Waals surface area contributed by atoms with Crippen LogP contribution in [0.2, 0.25) is 0 Å². The molecule has 0 bridgehead atoms. The molecule has 0 saturated carbocycles. The molecule has 0 radical (unpaired) electrons. The van der Waals surface area contributed by atoms with Gasteiger partial charge in [0.25, 0.3) is 0 Å². The van der Waals surface area contributed by atoms with E-state index in [0.717, 1.165) is 0 Å². The zero-order valence-electron chi connectivity index (χ0n) is 46.2. The van der Waals surface area contributed by atoms with E-state index in [4.69, 9.17) is 57.3 Å². The van der Waals surface area contributed by atoms with E-state index in [0.29, 0.717) is 45.1 Å². The van der Waals surface area contributed by atoms with Crippen LogP contribution in [0.25, 0.3) is 0 Å². The lowest BCUT2D eigenvalue weighted by Crippen LogP contribution is -2.59. The maximum Gasteiger partial charge on any atom is 0.326 e. The summed E-state index contributed by atoms with van der Waals surface area (Å²) in [6, 6.07) is -9.26. The Morgan fingerprint density at radius 2 is 0.912 bits per heavy atom. The number of aliphatic carboxylic acids is 1. The Balaban J connectivity index is 2.34. The molecule has 8 atom stereocenters. The summed E-state index contributed by atoms with van der Waals surface area (Å²) in [7, 11) is 0. The maximum atomic E-state index is 14.5. The molecule has 2 saturated heterocycles. The number of carboxylic acids is 1. The number of nitrogens with one attached hydrogen (secondary N) is 6. The SMILES string of the molecule is CC(C)C[C@H](NC(=O)[C@H](CCCCN)NC(=O)[C@H](CCCN=C(N)N)NC(=O)[C@@H]1CCCN1C(=O)[C@H](CCCN=C(N)N)NC(=O)CNC(=O)[C@H](CCCN=C(N)N)NC(=O)[C@@H]1CCCN1C(=O)[C@@H](N)CCCN=C(N)N)C(=O)O. The summed E-state index contributed by atoms with van der Waals surface area (Å²) < 4.78 is 0. The molecule has 32 nitrogen and oxygen atoms in total. The third kappa shape index (κ3) is 25.8. The summed E-state index contributed by atoms with van der Waals surface area (Å²) in [4.78, 5) is 141. The minimum atomic E-state index is -1.29. The van der Waals surface area contributed by atoms with Crippen molar-refractivity contribution in [2.24, 2.45) is 83.2 Å². The first-order valence-corrected chi connectivity index (χ1v) is 27.2. The number of guanidine groups is 4. The van der Waals surface area contributed by atoms with E-state index in [-0.39, 0.29) is 133 Å². The van der Waals surface area contributed by atoms with E-state index in [1.807, 2.05) is 0 Å².